The number of nitrogens with one attached hydrogen (secondary N) is 1. The number of nitrogens with two attached hydrogens (primary N) is 1. The number of hydrogen-bond acceptors (Lipinski definition) is 4. The van der Waals surface area contributed by atoms with E-state index in [1.165, 1.54) is 7.11 Å². The van der Waals surface area contributed by atoms with Gasteiger partial charge in [0.2, 0.25) is 5.91 Å². The highest BCUT2D eigenvalue weighted by Gasteiger charge is 2.18. The van der Waals surface area contributed by atoms with Crippen LogP contribution in [0.15, 0.2) is 54.6 Å². The second-order valence-electron chi connectivity index (χ2n) is 5.09. The molecule has 0 radical (unpaired) electrons. The van der Waals surface area contributed by atoms with E-state index in [2.05, 4.69) is 10.1 Å². The maximum Gasteiger partial charge on any atom is 0.307 e. The Kier molecular flexibility index (Phi) is 5.88. The third-order valence-electron chi connectivity index (χ3n) is 3.54. The molecule has 2 aromatic carbocycles. The zero-order valence-electron chi connectivity index (χ0n) is 13.0. The van der Waals surface area contributed by atoms with Crippen LogP contribution in [0.25, 0.3) is 11.1 Å². The number of amides is 1. The van der Waals surface area contributed by atoms with Gasteiger partial charge in [-0.2, -0.15) is 0 Å². The van der Waals surface area contributed by atoms with Crippen molar-refractivity contribution in [2.45, 2.75) is 12.5 Å². The van der Waals surface area contributed by atoms with Crippen LogP contribution in [-0.2, 0) is 14.3 Å². The van der Waals surface area contributed by atoms with Crippen LogP contribution >= 0.6 is 0 Å². The predicted octanol–water partition coefficient (Wildman–Crippen LogP) is 2.03. The van der Waals surface area contributed by atoms with E-state index in [1.54, 1.807) is 0 Å². The first kappa shape index (κ1) is 16.7. The van der Waals surface area contributed by atoms with Crippen molar-refractivity contribution < 1.29 is 14.3 Å². The third-order valence-corrected chi connectivity index (χ3v) is 3.54. The minimum Gasteiger partial charge on any atom is -0.469 e. The Bertz CT molecular complexity index is 636. The molecule has 0 aromatic heterocycles. The fraction of sp³-hybridized carbons (Fsp3) is 0.222. The molecule has 5 heteroatoms. The summed E-state index contributed by atoms with van der Waals surface area (Å²) in [5, 5.41) is 2.74. The Hall–Kier alpha value is -2.66. The lowest BCUT2D eigenvalue weighted by Gasteiger charge is -2.18. The first-order valence-corrected chi connectivity index (χ1v) is 7.35. The predicted molar refractivity (Wildman–Crippen MR) is 88.4 cm³/mol. The van der Waals surface area contributed by atoms with Crippen molar-refractivity contribution in [2.24, 2.45) is 5.73 Å². The molecule has 2 rings (SSSR count). The molecule has 0 aliphatic heterocycles. The van der Waals surface area contributed by atoms with Crippen LogP contribution in [0.4, 0.5) is 0 Å². The Morgan fingerprint density at radius 2 is 1.65 bits per heavy atom. The van der Waals surface area contributed by atoms with E-state index < -0.39 is 6.04 Å². The summed E-state index contributed by atoms with van der Waals surface area (Å²) in [4.78, 5) is 23.1. The summed E-state index contributed by atoms with van der Waals surface area (Å²) in [5.74, 6) is -0.703. The highest BCUT2D eigenvalue weighted by molar-refractivity contribution is 5.79. The van der Waals surface area contributed by atoms with Gasteiger partial charge in [-0.25, -0.2) is 0 Å². The molecule has 0 fully saturated rings. The second kappa shape index (κ2) is 8.10. The lowest BCUT2D eigenvalue weighted by Crippen LogP contribution is -2.35. The Balaban J connectivity index is 2.21. The number of carbonyl (C=O) groups is 2. The molecule has 1 amide bonds. The maximum atomic E-state index is 11.6. The minimum absolute atomic E-state index is 0.0624. The van der Waals surface area contributed by atoms with E-state index in [1.807, 2.05) is 54.6 Å². The van der Waals surface area contributed by atoms with Crippen LogP contribution in [-0.4, -0.2) is 25.5 Å². The largest absolute Gasteiger partial charge is 0.469 e. The van der Waals surface area contributed by atoms with Crippen molar-refractivity contribution in [3.05, 3.63) is 60.2 Å². The Labute approximate surface area is 135 Å². The van der Waals surface area contributed by atoms with Crippen LogP contribution in [0.2, 0.25) is 0 Å². The maximum absolute atomic E-state index is 11.6. The van der Waals surface area contributed by atoms with Crippen molar-refractivity contribution in [1.82, 2.24) is 5.32 Å². The van der Waals surface area contributed by atoms with E-state index in [9.17, 15) is 9.59 Å². The van der Waals surface area contributed by atoms with E-state index in [0.717, 1.165) is 16.7 Å². The first-order chi connectivity index (χ1) is 11.1. The molecule has 23 heavy (non-hydrogen) atoms. The molecule has 0 spiro atoms. The molecule has 0 bridgehead atoms. The van der Waals surface area contributed by atoms with Gasteiger partial charge in [0.05, 0.1) is 26.1 Å². The molecule has 120 valence electrons. The van der Waals surface area contributed by atoms with Crippen LogP contribution in [0.1, 0.15) is 18.0 Å². The fourth-order valence-electron chi connectivity index (χ4n) is 2.29. The Morgan fingerprint density at radius 3 is 2.22 bits per heavy atom. The average Bonchev–Trinajstić information content (AvgIpc) is 2.61. The molecule has 5 nitrogen and oxygen atoms in total. The summed E-state index contributed by atoms with van der Waals surface area (Å²) in [6.07, 6.45) is 0.0624. The molecule has 1 unspecified atom stereocenters. The molecule has 0 aliphatic rings. The monoisotopic (exact) mass is 312 g/mol. The van der Waals surface area contributed by atoms with E-state index in [-0.39, 0.29) is 24.8 Å². The highest BCUT2D eigenvalue weighted by Crippen LogP contribution is 2.23. The Morgan fingerprint density at radius 1 is 1.04 bits per heavy atom. The number of rotatable bonds is 6. The van der Waals surface area contributed by atoms with Crippen LogP contribution in [0.3, 0.4) is 0 Å². The summed E-state index contributed by atoms with van der Waals surface area (Å²) in [7, 11) is 1.32. The standard InChI is InChI=1S/C18H20N2O3/c1-23-18(22)11-16(20-17(21)12-19)15-9-7-14(8-10-15)13-5-3-2-4-6-13/h2-10,16H,11-12,19H2,1H3,(H,20,21). The van der Waals surface area contributed by atoms with Crippen molar-refractivity contribution in [1.29, 1.82) is 0 Å². The van der Waals surface area contributed by atoms with Gasteiger partial charge in [0.1, 0.15) is 0 Å². The van der Waals surface area contributed by atoms with E-state index >= 15 is 0 Å². The van der Waals surface area contributed by atoms with Gasteiger partial charge in [-0.15, -0.1) is 0 Å². The SMILES string of the molecule is COC(=O)CC(NC(=O)CN)c1ccc(-c2ccccc2)cc1. The number of hydrogen-bond donors (Lipinski definition) is 2. The number of ether oxygens (including phenoxy) is 1. The van der Waals surface area contributed by atoms with E-state index in [0.29, 0.717) is 0 Å². The molecule has 0 aliphatic carbocycles. The zero-order chi connectivity index (χ0) is 16.7. The van der Waals surface area contributed by atoms with Crippen LogP contribution in [0.5, 0.6) is 0 Å². The molecule has 0 heterocycles. The summed E-state index contributed by atoms with van der Waals surface area (Å²) in [5.41, 5.74) is 8.34. The minimum atomic E-state index is -0.455. The van der Waals surface area contributed by atoms with Crippen molar-refractivity contribution in [3.63, 3.8) is 0 Å². The van der Waals surface area contributed by atoms with Gasteiger partial charge in [0, 0.05) is 0 Å². The molecule has 0 saturated heterocycles. The summed E-state index contributed by atoms with van der Waals surface area (Å²) >= 11 is 0. The molecule has 2 aromatic rings. The van der Waals surface area contributed by atoms with Crippen molar-refractivity contribution in [2.75, 3.05) is 13.7 Å². The van der Waals surface area contributed by atoms with Crippen LogP contribution in [0, 0.1) is 0 Å². The highest BCUT2D eigenvalue weighted by atomic mass is 16.5. The number of esters is 1. The second-order valence-corrected chi connectivity index (χ2v) is 5.09. The third kappa shape index (κ3) is 4.66. The van der Waals surface area contributed by atoms with Gasteiger partial charge in [-0.1, -0.05) is 54.6 Å². The lowest BCUT2D eigenvalue weighted by molar-refractivity contribution is -0.141. The summed E-state index contributed by atoms with van der Waals surface area (Å²) in [6.45, 7) is -0.125. The van der Waals surface area contributed by atoms with Crippen molar-refractivity contribution >= 4 is 11.9 Å². The molecule has 3 N–H and O–H groups in total. The number of benzene rings is 2. The van der Waals surface area contributed by atoms with Gasteiger partial charge >= 0.3 is 5.97 Å². The van der Waals surface area contributed by atoms with Gasteiger partial charge in [0.15, 0.2) is 0 Å². The molecular formula is C18H20N2O3. The van der Waals surface area contributed by atoms with Gasteiger partial charge in [-0.05, 0) is 16.7 Å². The molecular weight excluding hydrogens is 292 g/mol. The lowest BCUT2D eigenvalue weighted by atomic mass is 9.99. The topological polar surface area (TPSA) is 81.4 Å². The van der Waals surface area contributed by atoms with Gasteiger partial charge in [-0.3, -0.25) is 9.59 Å². The number of carbonyl (C=O) groups excluding carboxylic acids is 2. The van der Waals surface area contributed by atoms with Gasteiger partial charge < -0.3 is 15.8 Å². The normalized spacial score (nSPS) is 11.6. The molecule has 1 atom stereocenters. The zero-order valence-corrected chi connectivity index (χ0v) is 13.0. The fourth-order valence-corrected chi connectivity index (χ4v) is 2.29. The average molecular weight is 312 g/mol. The van der Waals surface area contributed by atoms with Gasteiger partial charge in [0.25, 0.3) is 0 Å². The van der Waals surface area contributed by atoms with E-state index in [4.69, 9.17) is 5.73 Å². The first-order valence-electron chi connectivity index (χ1n) is 7.35. The summed E-state index contributed by atoms with van der Waals surface area (Å²) < 4.78 is 4.69. The molecule has 0 saturated carbocycles. The smallest absolute Gasteiger partial charge is 0.307 e. The summed E-state index contributed by atoms with van der Waals surface area (Å²) in [6, 6.07) is 17.2. The quantitative estimate of drug-likeness (QED) is 0.800. The number of methoxy groups -OCH3 is 1. The van der Waals surface area contributed by atoms with Crippen molar-refractivity contribution in [3.8, 4) is 11.1 Å². The van der Waals surface area contributed by atoms with Crippen LogP contribution < -0.4 is 11.1 Å².